The number of fused-ring (bicyclic) bond motifs is 2. The lowest BCUT2D eigenvalue weighted by atomic mass is 9.72. The highest BCUT2D eigenvalue weighted by atomic mass is 35.5. The number of aromatic amines is 1. The summed E-state index contributed by atoms with van der Waals surface area (Å²) in [5.41, 5.74) is 4.16. The molecule has 0 saturated carbocycles. The number of nitro groups is 1. The molecule has 3 aromatic carbocycles. The van der Waals surface area contributed by atoms with Crippen LogP contribution in [0.4, 0.5) is 28.4 Å². The van der Waals surface area contributed by atoms with Gasteiger partial charge in [0.1, 0.15) is 23.6 Å². The second kappa shape index (κ2) is 18.1. The minimum absolute atomic E-state index is 0.00371. The number of piperazine rings is 1. The number of rotatable bonds is 12. The molecule has 3 N–H and O–H groups in total. The Morgan fingerprint density at radius 2 is 1.81 bits per heavy atom. The zero-order valence-corrected chi connectivity index (χ0v) is 37.2. The van der Waals surface area contributed by atoms with E-state index in [4.69, 9.17) is 23.8 Å². The number of amides is 1. The normalized spacial score (nSPS) is 20.9. The number of halogens is 1. The third kappa shape index (κ3) is 9.41. The highest BCUT2D eigenvalue weighted by molar-refractivity contribution is 7.90. The Labute approximate surface area is 383 Å². The average Bonchev–Trinajstić information content (AvgIpc) is 3.76. The maximum absolute atomic E-state index is 14.4. The zero-order valence-electron chi connectivity index (χ0n) is 39.7. The van der Waals surface area contributed by atoms with Crippen LogP contribution in [-0.4, -0.2) is 99.7 Å². The molecule has 336 valence electrons. The topological polar surface area (TPSA) is 175 Å². The number of sulfonamides is 1. The van der Waals surface area contributed by atoms with Crippen molar-refractivity contribution in [2.24, 2.45) is 11.3 Å². The molecular formula is C47H53ClN8O7S. The van der Waals surface area contributed by atoms with Gasteiger partial charge in [0, 0.05) is 80.8 Å². The fraction of sp³-hybridized carbons (Fsp3) is 0.404. The zero-order chi connectivity index (χ0) is 48.2. The summed E-state index contributed by atoms with van der Waals surface area (Å²) in [5.74, 6) is -1.22. The highest BCUT2D eigenvalue weighted by Crippen LogP contribution is 2.44. The summed E-state index contributed by atoms with van der Waals surface area (Å²) in [5, 5.41) is 16.5. The fourth-order valence-corrected chi connectivity index (χ4v) is 10.1. The Morgan fingerprint density at radius 1 is 1.03 bits per heavy atom. The molecule has 0 bridgehead atoms. The van der Waals surface area contributed by atoms with Crippen LogP contribution in [0.5, 0.6) is 5.88 Å². The number of carbonyl (C=O) groups is 1. The fourth-order valence-electron chi connectivity index (χ4n) is 8.97. The maximum atomic E-state index is 14.4. The van der Waals surface area contributed by atoms with Gasteiger partial charge in [0.15, 0.2) is 0 Å². The van der Waals surface area contributed by atoms with Crippen molar-refractivity contribution in [1.29, 1.82) is 0 Å². The van der Waals surface area contributed by atoms with Crippen LogP contribution in [0.1, 0.15) is 67.4 Å². The summed E-state index contributed by atoms with van der Waals surface area (Å²) in [6.45, 7) is 3.46. The molecule has 4 aliphatic rings. The van der Waals surface area contributed by atoms with Gasteiger partial charge in [-0.15, -0.1) is 0 Å². The highest BCUT2D eigenvalue weighted by Gasteiger charge is 2.32. The molecule has 1 aliphatic carbocycles. The van der Waals surface area contributed by atoms with E-state index in [1.54, 1.807) is 30.5 Å². The molecular weight excluding hydrogens is 856 g/mol. The van der Waals surface area contributed by atoms with Crippen LogP contribution in [0.2, 0.25) is 5.02 Å². The largest absolute Gasteiger partial charge is 0.474 e. The Hall–Kier alpha value is -5.68. The van der Waals surface area contributed by atoms with Crippen molar-refractivity contribution >= 4 is 72.6 Å². The maximum Gasteiger partial charge on any atom is 0.293 e. The predicted octanol–water partition coefficient (Wildman–Crippen LogP) is 8.40. The van der Waals surface area contributed by atoms with Crippen LogP contribution in [0.3, 0.4) is 0 Å². The standard InChI is InChI=1S/C47H53ClN8O7S/c1-47(2)15-11-34(39(28-47)32-3-5-35(48)6-4-32)30-53-17-19-54(20-18-53)36-7-9-38(41(26-36)55-21-24-63-46-43(55)25-33-12-16-49-44(33)51-46)45(57)52-64(60,61)37-8-10-40(42(27-37)56(58)59)50-29-31-13-22-62-23-14-31/h3-10,12,16,25-27,31,50H,11,13-15,17-24,28-30H2,1-2H3,(H,49,51)(H,52,57)/i21D2,24D2. The van der Waals surface area contributed by atoms with Crippen LogP contribution >= 0.6 is 11.6 Å². The van der Waals surface area contributed by atoms with Gasteiger partial charge in [-0.2, -0.15) is 4.98 Å². The lowest BCUT2D eigenvalue weighted by molar-refractivity contribution is -0.384. The minimum Gasteiger partial charge on any atom is -0.474 e. The van der Waals surface area contributed by atoms with Gasteiger partial charge in [0.25, 0.3) is 21.6 Å². The van der Waals surface area contributed by atoms with Crippen molar-refractivity contribution in [2.75, 3.05) is 80.7 Å². The van der Waals surface area contributed by atoms with Crippen LogP contribution in [0, 0.1) is 21.4 Å². The number of benzene rings is 3. The first-order chi connectivity index (χ1) is 32.3. The Morgan fingerprint density at radius 3 is 2.58 bits per heavy atom. The molecule has 9 rings (SSSR count). The van der Waals surface area contributed by atoms with Crippen molar-refractivity contribution in [3.63, 3.8) is 0 Å². The van der Waals surface area contributed by atoms with E-state index >= 15 is 0 Å². The van der Waals surface area contributed by atoms with E-state index in [1.165, 1.54) is 34.9 Å². The molecule has 2 saturated heterocycles. The van der Waals surface area contributed by atoms with E-state index in [0.29, 0.717) is 67.7 Å². The SMILES string of the molecule is [2H]C1([2H])Oc2nc3[nH]ccc3cc2N(c2cc(N3CCN(CC4=C(c5ccc(Cl)cc5)CC(C)(C)CC4)CC3)ccc2C(=O)NS(=O)(=O)c2ccc(NCC3CCOCC3)c([N+](=O)[O-])c2)C1([2H])[2H]. The van der Waals surface area contributed by atoms with Crippen LogP contribution < -0.4 is 24.6 Å². The minimum atomic E-state index is -4.78. The lowest BCUT2D eigenvalue weighted by Gasteiger charge is -2.39. The summed E-state index contributed by atoms with van der Waals surface area (Å²) < 4.78 is 77.0. The molecule has 17 heteroatoms. The number of nitrogens with one attached hydrogen (secondary N) is 3. The molecule has 0 unspecified atom stereocenters. The van der Waals surface area contributed by atoms with Gasteiger partial charge in [-0.3, -0.25) is 19.8 Å². The van der Waals surface area contributed by atoms with Gasteiger partial charge in [-0.25, -0.2) is 13.1 Å². The Bertz CT molecular complexity index is 2900. The smallest absolute Gasteiger partial charge is 0.293 e. The quantitative estimate of drug-likeness (QED) is 0.0807. The first kappa shape index (κ1) is 38.8. The molecule has 5 aromatic rings. The molecule has 64 heavy (non-hydrogen) atoms. The van der Waals surface area contributed by atoms with E-state index in [9.17, 15) is 26.1 Å². The molecule has 2 fully saturated rings. The molecule has 3 aliphatic heterocycles. The van der Waals surface area contributed by atoms with Gasteiger partial charge >= 0.3 is 0 Å². The summed E-state index contributed by atoms with van der Waals surface area (Å²) in [7, 11) is -4.78. The van der Waals surface area contributed by atoms with Gasteiger partial charge < -0.3 is 29.6 Å². The molecule has 0 atom stereocenters. The Kier molecular flexibility index (Phi) is 10.9. The van der Waals surface area contributed by atoms with Gasteiger partial charge in [0.05, 0.1) is 33.0 Å². The summed E-state index contributed by atoms with van der Waals surface area (Å²) in [6, 6.07) is 19.2. The van der Waals surface area contributed by atoms with Crippen molar-refractivity contribution < 1.29 is 33.1 Å². The number of allylic oxidation sites excluding steroid dienone is 1. The van der Waals surface area contributed by atoms with E-state index in [1.807, 2.05) is 12.1 Å². The van der Waals surface area contributed by atoms with Gasteiger partial charge in [-0.1, -0.05) is 43.2 Å². The first-order valence-corrected chi connectivity index (χ1v) is 23.4. The van der Waals surface area contributed by atoms with Gasteiger partial charge in [0.2, 0.25) is 5.88 Å². The van der Waals surface area contributed by atoms with E-state index in [-0.39, 0.29) is 39.8 Å². The summed E-state index contributed by atoms with van der Waals surface area (Å²) in [4.78, 5) is 38.3. The summed E-state index contributed by atoms with van der Waals surface area (Å²) >= 11 is 6.26. The number of ether oxygens (including phenoxy) is 2. The number of hydrogen-bond donors (Lipinski definition) is 3. The van der Waals surface area contributed by atoms with E-state index in [0.717, 1.165) is 49.6 Å². The van der Waals surface area contributed by atoms with Crippen molar-refractivity contribution in [3.05, 3.63) is 111 Å². The van der Waals surface area contributed by atoms with Crippen LogP contribution in [0.15, 0.2) is 89.5 Å². The van der Waals surface area contributed by atoms with Crippen LogP contribution in [-0.2, 0) is 14.8 Å². The first-order valence-electron chi connectivity index (χ1n) is 23.5. The number of aromatic nitrogens is 2. The average molecular weight is 914 g/mol. The number of carbonyl (C=O) groups excluding carboxylic acids is 1. The van der Waals surface area contributed by atoms with Crippen molar-refractivity contribution in [2.45, 2.75) is 50.8 Å². The third-order valence-electron chi connectivity index (χ3n) is 12.6. The number of nitro benzene ring substituents is 1. The number of hydrogen-bond acceptors (Lipinski definition) is 12. The van der Waals surface area contributed by atoms with E-state index < -0.39 is 44.5 Å². The monoisotopic (exact) mass is 912 g/mol. The number of pyridine rings is 1. The van der Waals surface area contributed by atoms with Crippen molar-refractivity contribution in [3.8, 4) is 5.88 Å². The van der Waals surface area contributed by atoms with Crippen LogP contribution in [0.25, 0.3) is 16.6 Å². The number of H-pyrrole nitrogens is 1. The van der Waals surface area contributed by atoms with Gasteiger partial charge in [-0.05, 0) is 109 Å². The molecule has 2 aromatic heterocycles. The number of nitrogens with zero attached hydrogens (tertiary/aromatic N) is 5. The summed E-state index contributed by atoms with van der Waals surface area (Å²) in [6.07, 6.45) is 6.17. The molecule has 1 amide bonds. The third-order valence-corrected chi connectivity index (χ3v) is 14.2. The predicted molar refractivity (Wildman–Crippen MR) is 249 cm³/mol. The molecule has 5 heterocycles. The Balaban J connectivity index is 1.03. The molecule has 0 radical (unpaired) electrons. The second-order valence-corrected chi connectivity index (χ2v) is 19.7. The second-order valence-electron chi connectivity index (χ2n) is 17.6. The van der Waals surface area contributed by atoms with E-state index in [2.05, 4.69) is 55.8 Å². The molecule has 0 spiro atoms. The molecule has 15 nitrogen and oxygen atoms in total. The number of anilines is 4. The lowest BCUT2D eigenvalue weighted by Crippen LogP contribution is -2.47. The van der Waals surface area contributed by atoms with Crippen molar-refractivity contribution in [1.82, 2.24) is 19.6 Å².